The predicted octanol–water partition coefficient (Wildman–Crippen LogP) is 4.02. The van der Waals surface area contributed by atoms with Crippen LogP contribution >= 0.6 is 0 Å². The van der Waals surface area contributed by atoms with E-state index in [0.717, 1.165) is 45.1 Å². The lowest BCUT2D eigenvalue weighted by Crippen LogP contribution is -2.44. The maximum Gasteiger partial charge on any atom is 0.305 e. The molecule has 1 rings (SSSR count). The number of hydrogen-bond donors (Lipinski definition) is 3. The second-order valence-electron chi connectivity index (χ2n) is 10.7. The summed E-state index contributed by atoms with van der Waals surface area (Å²) in [5.41, 5.74) is 0. The Morgan fingerprint density at radius 2 is 1.78 bits per heavy atom. The second kappa shape index (κ2) is 16.9. The van der Waals surface area contributed by atoms with Crippen LogP contribution in [0.2, 0.25) is 0 Å². The van der Waals surface area contributed by atoms with Crippen LogP contribution in [0, 0.1) is 23.7 Å². The molecular weight excluding hydrogens is 460 g/mol. The molecule has 0 aromatic heterocycles. The van der Waals surface area contributed by atoms with Crippen molar-refractivity contribution in [2.75, 3.05) is 20.2 Å². The van der Waals surface area contributed by atoms with Gasteiger partial charge in [-0.3, -0.25) is 14.4 Å². The highest BCUT2D eigenvalue weighted by Gasteiger charge is 2.31. The van der Waals surface area contributed by atoms with E-state index in [0.29, 0.717) is 18.9 Å². The molecule has 6 atom stereocenters. The van der Waals surface area contributed by atoms with Crippen LogP contribution in [0.1, 0.15) is 86.0 Å². The first-order valence-corrected chi connectivity index (χ1v) is 13.7. The lowest BCUT2D eigenvalue weighted by Gasteiger charge is -2.31. The van der Waals surface area contributed by atoms with Gasteiger partial charge in [0.2, 0.25) is 5.91 Å². The molecule has 0 fully saturated rings. The number of methoxy groups -OCH3 is 1. The molecule has 0 saturated carbocycles. The van der Waals surface area contributed by atoms with Gasteiger partial charge < -0.3 is 25.2 Å². The number of ketones is 1. The number of carboxylic acid groups (broad SMARTS) is 1. The largest absolute Gasteiger partial charge is 0.481 e. The molecule has 1 amide bonds. The van der Waals surface area contributed by atoms with Crippen molar-refractivity contribution in [2.45, 2.75) is 104 Å². The van der Waals surface area contributed by atoms with Gasteiger partial charge in [-0.05, 0) is 56.1 Å². The highest BCUT2D eigenvalue weighted by molar-refractivity contribution is 5.90. The van der Waals surface area contributed by atoms with E-state index in [-0.39, 0.29) is 48.0 Å². The summed E-state index contributed by atoms with van der Waals surface area (Å²) in [6.07, 6.45) is 7.92. The number of aliphatic hydroxyl groups is 1. The molecule has 8 heteroatoms. The van der Waals surface area contributed by atoms with Crippen molar-refractivity contribution in [1.29, 1.82) is 0 Å². The van der Waals surface area contributed by atoms with Gasteiger partial charge in [0.15, 0.2) is 5.78 Å². The standard InChI is InChI=1S/C28H50N2O6/c1-7-20(4)22(23(36-6)18-26(33)34)13-12-21(5)28(35)27(19(2)3)29-16-10-8-9-11-17-30-24(31)14-15-25(30)32/h14-15,19-24,27,29,31H,7-13,16-18H2,1-6H3,(H,33,34). The van der Waals surface area contributed by atoms with E-state index in [2.05, 4.69) is 33.0 Å². The minimum atomic E-state index is -0.859. The summed E-state index contributed by atoms with van der Waals surface area (Å²) in [6.45, 7) is 11.6. The van der Waals surface area contributed by atoms with Crippen LogP contribution in [0.5, 0.6) is 0 Å². The fourth-order valence-corrected chi connectivity index (χ4v) is 5.04. The minimum Gasteiger partial charge on any atom is -0.481 e. The van der Waals surface area contributed by atoms with Gasteiger partial charge in [-0.1, -0.05) is 53.9 Å². The number of rotatable bonds is 20. The van der Waals surface area contributed by atoms with Crippen molar-refractivity contribution >= 4 is 17.7 Å². The number of carboxylic acids is 1. The second-order valence-corrected chi connectivity index (χ2v) is 10.7. The van der Waals surface area contributed by atoms with Crippen molar-refractivity contribution in [3.8, 4) is 0 Å². The fourth-order valence-electron chi connectivity index (χ4n) is 5.04. The molecule has 0 bridgehead atoms. The van der Waals surface area contributed by atoms with Crippen LogP contribution in [0.15, 0.2) is 12.2 Å². The molecule has 3 N–H and O–H groups in total. The maximum absolute atomic E-state index is 13.3. The number of unbranched alkanes of at least 4 members (excludes halogenated alkanes) is 3. The van der Waals surface area contributed by atoms with E-state index in [1.807, 2.05) is 6.92 Å². The molecule has 1 aliphatic heterocycles. The summed E-state index contributed by atoms with van der Waals surface area (Å²) in [4.78, 5) is 37.7. The highest BCUT2D eigenvalue weighted by Crippen LogP contribution is 2.30. The third kappa shape index (κ3) is 10.7. The summed E-state index contributed by atoms with van der Waals surface area (Å²) in [5, 5.41) is 22.5. The lowest BCUT2D eigenvalue weighted by molar-refractivity contribution is -0.141. The number of carbonyl (C=O) groups is 3. The third-order valence-electron chi connectivity index (χ3n) is 7.63. The van der Waals surface area contributed by atoms with E-state index < -0.39 is 12.2 Å². The van der Waals surface area contributed by atoms with Gasteiger partial charge in [0.1, 0.15) is 6.23 Å². The number of aliphatic hydroxyl groups excluding tert-OH is 1. The van der Waals surface area contributed by atoms with Crippen LogP contribution in [0.3, 0.4) is 0 Å². The Bertz CT molecular complexity index is 710. The normalized spacial score (nSPS) is 19.9. The monoisotopic (exact) mass is 510 g/mol. The summed E-state index contributed by atoms with van der Waals surface area (Å²) in [7, 11) is 1.57. The Morgan fingerprint density at radius 1 is 1.11 bits per heavy atom. The van der Waals surface area contributed by atoms with Crippen LogP contribution in [0.4, 0.5) is 0 Å². The smallest absolute Gasteiger partial charge is 0.305 e. The number of nitrogens with one attached hydrogen (secondary N) is 1. The molecule has 0 aromatic carbocycles. The Hall–Kier alpha value is -1.77. The number of hydrogen-bond acceptors (Lipinski definition) is 6. The van der Waals surface area contributed by atoms with Gasteiger partial charge in [-0.15, -0.1) is 0 Å². The van der Waals surface area contributed by atoms with Gasteiger partial charge in [0.25, 0.3) is 0 Å². The first-order valence-electron chi connectivity index (χ1n) is 13.7. The van der Waals surface area contributed by atoms with E-state index in [4.69, 9.17) is 4.74 Å². The number of aliphatic carboxylic acids is 1. The molecule has 0 spiro atoms. The number of ether oxygens (including phenoxy) is 1. The van der Waals surface area contributed by atoms with Gasteiger partial charge in [0.05, 0.1) is 18.6 Å². The van der Waals surface area contributed by atoms with Crippen LogP contribution < -0.4 is 5.32 Å². The van der Waals surface area contributed by atoms with Gasteiger partial charge >= 0.3 is 5.97 Å². The number of nitrogens with zero attached hydrogens (tertiary/aromatic N) is 1. The van der Waals surface area contributed by atoms with Crippen molar-refractivity contribution < 1.29 is 29.3 Å². The average molecular weight is 511 g/mol. The Kier molecular flexibility index (Phi) is 15.1. The summed E-state index contributed by atoms with van der Waals surface area (Å²) in [5.74, 6) is -0.289. The molecule has 36 heavy (non-hydrogen) atoms. The quantitative estimate of drug-likeness (QED) is 0.212. The number of carbonyl (C=O) groups excluding carboxylic acids is 2. The zero-order valence-electron chi connectivity index (χ0n) is 23.2. The van der Waals surface area contributed by atoms with Crippen molar-refractivity contribution in [3.63, 3.8) is 0 Å². The van der Waals surface area contributed by atoms with Gasteiger partial charge in [-0.25, -0.2) is 0 Å². The van der Waals surface area contributed by atoms with E-state index >= 15 is 0 Å². The van der Waals surface area contributed by atoms with E-state index in [1.165, 1.54) is 17.1 Å². The molecule has 6 unspecified atom stereocenters. The highest BCUT2D eigenvalue weighted by atomic mass is 16.5. The predicted molar refractivity (Wildman–Crippen MR) is 141 cm³/mol. The molecule has 1 aliphatic rings. The number of amides is 1. The SMILES string of the molecule is CCC(C)C(CCC(C)C(=O)C(NCCCCCCN1C(=O)C=CC1O)C(C)C)C(CC(=O)O)OC. The molecule has 208 valence electrons. The first-order chi connectivity index (χ1) is 17.0. The molecule has 0 aromatic rings. The van der Waals surface area contributed by atoms with Crippen LogP contribution in [0.25, 0.3) is 0 Å². The fraction of sp³-hybridized carbons (Fsp3) is 0.821. The summed E-state index contributed by atoms with van der Waals surface area (Å²) in [6, 6.07) is -0.206. The zero-order chi connectivity index (χ0) is 27.3. The third-order valence-corrected chi connectivity index (χ3v) is 7.63. The lowest BCUT2D eigenvalue weighted by atomic mass is 9.79. The Labute approximate surface area is 217 Å². The van der Waals surface area contributed by atoms with Gasteiger partial charge in [0, 0.05) is 25.6 Å². The van der Waals surface area contributed by atoms with Crippen LogP contribution in [-0.2, 0) is 19.1 Å². The Balaban J connectivity index is 2.47. The molecule has 0 radical (unpaired) electrons. The van der Waals surface area contributed by atoms with Crippen molar-refractivity contribution in [3.05, 3.63) is 12.2 Å². The van der Waals surface area contributed by atoms with Crippen molar-refractivity contribution in [2.24, 2.45) is 23.7 Å². The molecule has 1 heterocycles. The van der Waals surface area contributed by atoms with Crippen molar-refractivity contribution in [1.82, 2.24) is 10.2 Å². The average Bonchev–Trinajstić information content (AvgIpc) is 3.15. The first kappa shape index (κ1) is 32.3. The van der Waals surface area contributed by atoms with E-state index in [9.17, 15) is 24.6 Å². The maximum atomic E-state index is 13.3. The summed E-state index contributed by atoms with van der Waals surface area (Å²) < 4.78 is 5.54. The zero-order valence-corrected chi connectivity index (χ0v) is 23.2. The molecule has 0 saturated heterocycles. The van der Waals surface area contributed by atoms with Gasteiger partial charge in [-0.2, -0.15) is 0 Å². The van der Waals surface area contributed by atoms with Crippen LogP contribution in [-0.4, -0.2) is 71.3 Å². The molecular formula is C28H50N2O6. The topological polar surface area (TPSA) is 116 Å². The summed E-state index contributed by atoms with van der Waals surface area (Å²) >= 11 is 0. The number of Topliss-reactive ketones (excluding diaryl/α,β-unsaturated/α-hetero) is 1. The molecule has 0 aliphatic carbocycles. The minimum absolute atomic E-state index is 0.0180. The van der Waals surface area contributed by atoms with E-state index in [1.54, 1.807) is 7.11 Å². The molecule has 8 nitrogen and oxygen atoms in total. The Morgan fingerprint density at radius 3 is 2.31 bits per heavy atom.